The van der Waals surface area contributed by atoms with Gasteiger partial charge in [0.05, 0.1) is 6.10 Å². The van der Waals surface area contributed by atoms with Crippen LogP contribution in [0, 0.1) is 0 Å². The van der Waals surface area contributed by atoms with Crippen molar-refractivity contribution in [3.8, 4) is 0 Å². The normalized spacial score (nSPS) is 27.8. The van der Waals surface area contributed by atoms with Gasteiger partial charge in [-0.05, 0) is 24.0 Å². The lowest BCUT2D eigenvalue weighted by atomic mass is 10.0. The molecule has 0 radical (unpaired) electrons. The first-order valence-corrected chi connectivity index (χ1v) is 4.78. The molecule has 1 aromatic rings. The van der Waals surface area contributed by atoms with Crippen molar-refractivity contribution < 1.29 is 5.11 Å². The zero-order chi connectivity index (χ0) is 9.26. The molecule has 0 fully saturated rings. The molecular weight excluding hydrogens is 162 g/mol. The van der Waals surface area contributed by atoms with Crippen LogP contribution in [-0.4, -0.2) is 17.3 Å². The van der Waals surface area contributed by atoms with Crippen molar-refractivity contribution in [3.63, 3.8) is 0 Å². The summed E-state index contributed by atoms with van der Waals surface area (Å²) >= 11 is 0. The summed E-state index contributed by atoms with van der Waals surface area (Å²) in [6, 6.07) is 8.20. The van der Waals surface area contributed by atoms with Crippen LogP contribution < -0.4 is 5.73 Å². The Bertz CT molecular complexity index is 298. The van der Waals surface area contributed by atoms with E-state index in [1.54, 1.807) is 0 Å². The highest BCUT2D eigenvalue weighted by molar-refractivity contribution is 5.29. The van der Waals surface area contributed by atoms with E-state index in [1.165, 1.54) is 11.1 Å². The zero-order valence-electron chi connectivity index (χ0n) is 7.61. The first kappa shape index (κ1) is 8.73. The first-order valence-electron chi connectivity index (χ1n) is 4.78. The van der Waals surface area contributed by atoms with Gasteiger partial charge in [0.1, 0.15) is 0 Å². The number of aliphatic hydroxyl groups is 1. The van der Waals surface area contributed by atoms with Crippen molar-refractivity contribution in [1.29, 1.82) is 0 Å². The molecule has 2 rings (SSSR count). The van der Waals surface area contributed by atoms with Crippen LogP contribution in [0.5, 0.6) is 0 Å². The quantitative estimate of drug-likeness (QED) is 0.577. The van der Waals surface area contributed by atoms with Crippen LogP contribution in [-0.2, 0) is 12.8 Å². The molecule has 13 heavy (non-hydrogen) atoms. The minimum absolute atomic E-state index is 0.0626. The SMILES string of the molecule is N[C@H]1CCc2ccccc2C[C@@H]1O. The van der Waals surface area contributed by atoms with E-state index in [-0.39, 0.29) is 12.1 Å². The lowest BCUT2D eigenvalue weighted by molar-refractivity contribution is 0.144. The number of benzene rings is 1. The molecule has 2 atom stereocenters. The van der Waals surface area contributed by atoms with Gasteiger partial charge in [-0.25, -0.2) is 0 Å². The van der Waals surface area contributed by atoms with Crippen LogP contribution in [0.1, 0.15) is 17.5 Å². The third-order valence-electron chi connectivity index (χ3n) is 2.79. The Morgan fingerprint density at radius 1 is 1.23 bits per heavy atom. The molecule has 0 aromatic heterocycles. The van der Waals surface area contributed by atoms with E-state index < -0.39 is 0 Å². The minimum Gasteiger partial charge on any atom is -0.391 e. The van der Waals surface area contributed by atoms with Crippen molar-refractivity contribution >= 4 is 0 Å². The van der Waals surface area contributed by atoms with Crippen molar-refractivity contribution in [2.75, 3.05) is 0 Å². The van der Waals surface area contributed by atoms with E-state index in [4.69, 9.17) is 5.73 Å². The van der Waals surface area contributed by atoms with Crippen molar-refractivity contribution in [2.45, 2.75) is 31.4 Å². The standard InChI is InChI=1S/C11H15NO/c12-10-6-5-8-3-1-2-4-9(8)7-11(10)13/h1-4,10-11,13H,5-7,12H2/t10-,11-/m0/s1. The number of fused-ring (bicyclic) bond motifs is 1. The summed E-state index contributed by atoms with van der Waals surface area (Å²) in [5.74, 6) is 0. The molecule has 0 spiro atoms. The lowest BCUT2D eigenvalue weighted by Crippen LogP contribution is -2.35. The summed E-state index contributed by atoms with van der Waals surface area (Å²) in [6.45, 7) is 0. The van der Waals surface area contributed by atoms with Gasteiger partial charge in [0.2, 0.25) is 0 Å². The average molecular weight is 177 g/mol. The number of hydrogen-bond acceptors (Lipinski definition) is 2. The number of aryl methyl sites for hydroxylation is 1. The van der Waals surface area contributed by atoms with Crippen LogP contribution in [0.2, 0.25) is 0 Å². The van der Waals surface area contributed by atoms with E-state index in [0.717, 1.165) is 12.8 Å². The highest BCUT2D eigenvalue weighted by Crippen LogP contribution is 2.19. The van der Waals surface area contributed by atoms with Gasteiger partial charge < -0.3 is 10.8 Å². The first-order chi connectivity index (χ1) is 6.27. The predicted octanol–water partition coefficient (Wildman–Crippen LogP) is 0.863. The molecule has 0 heterocycles. The molecule has 3 N–H and O–H groups in total. The Kier molecular flexibility index (Phi) is 2.34. The molecule has 0 bridgehead atoms. The molecule has 2 nitrogen and oxygen atoms in total. The number of rotatable bonds is 0. The minimum atomic E-state index is -0.372. The van der Waals surface area contributed by atoms with Gasteiger partial charge >= 0.3 is 0 Å². The molecule has 0 unspecified atom stereocenters. The van der Waals surface area contributed by atoms with Crippen molar-refractivity contribution in [3.05, 3.63) is 35.4 Å². The van der Waals surface area contributed by atoms with Crippen LogP contribution in [0.15, 0.2) is 24.3 Å². The summed E-state index contributed by atoms with van der Waals surface area (Å²) in [5, 5.41) is 9.68. The maximum atomic E-state index is 9.68. The Morgan fingerprint density at radius 3 is 2.69 bits per heavy atom. The van der Waals surface area contributed by atoms with Gasteiger partial charge in [0.15, 0.2) is 0 Å². The molecule has 2 heteroatoms. The van der Waals surface area contributed by atoms with Crippen LogP contribution in [0.4, 0.5) is 0 Å². The molecular formula is C11H15NO. The molecule has 70 valence electrons. The smallest absolute Gasteiger partial charge is 0.0731 e. The van der Waals surface area contributed by atoms with Gasteiger partial charge in [-0.2, -0.15) is 0 Å². The van der Waals surface area contributed by atoms with Crippen LogP contribution in [0.25, 0.3) is 0 Å². The average Bonchev–Trinajstić information content (AvgIpc) is 2.28. The maximum absolute atomic E-state index is 9.68. The van der Waals surface area contributed by atoms with E-state index in [1.807, 2.05) is 12.1 Å². The van der Waals surface area contributed by atoms with Crippen molar-refractivity contribution in [2.24, 2.45) is 5.73 Å². The van der Waals surface area contributed by atoms with Crippen LogP contribution >= 0.6 is 0 Å². The number of nitrogens with two attached hydrogens (primary N) is 1. The largest absolute Gasteiger partial charge is 0.391 e. The Hall–Kier alpha value is -0.860. The fourth-order valence-electron chi connectivity index (χ4n) is 1.89. The predicted molar refractivity (Wildman–Crippen MR) is 52.4 cm³/mol. The highest BCUT2D eigenvalue weighted by atomic mass is 16.3. The van der Waals surface area contributed by atoms with Gasteiger partial charge in [-0.1, -0.05) is 24.3 Å². The molecule has 1 aliphatic carbocycles. The third-order valence-corrected chi connectivity index (χ3v) is 2.79. The second kappa shape index (κ2) is 3.48. The molecule has 1 aliphatic rings. The van der Waals surface area contributed by atoms with Gasteiger partial charge in [0.25, 0.3) is 0 Å². The molecule has 0 amide bonds. The molecule has 0 saturated carbocycles. The van der Waals surface area contributed by atoms with Gasteiger partial charge in [0, 0.05) is 12.5 Å². The Balaban J connectivity index is 2.29. The molecule has 0 saturated heterocycles. The van der Waals surface area contributed by atoms with E-state index in [9.17, 15) is 5.11 Å². The summed E-state index contributed by atoms with van der Waals surface area (Å²) in [7, 11) is 0. The number of hydrogen-bond donors (Lipinski definition) is 2. The summed E-state index contributed by atoms with van der Waals surface area (Å²) in [4.78, 5) is 0. The number of aliphatic hydroxyl groups excluding tert-OH is 1. The topological polar surface area (TPSA) is 46.2 Å². The summed E-state index contributed by atoms with van der Waals surface area (Å²) in [5.41, 5.74) is 8.40. The fourth-order valence-corrected chi connectivity index (χ4v) is 1.89. The van der Waals surface area contributed by atoms with Crippen molar-refractivity contribution in [1.82, 2.24) is 0 Å². The summed E-state index contributed by atoms with van der Waals surface area (Å²) < 4.78 is 0. The Morgan fingerprint density at radius 2 is 1.92 bits per heavy atom. The lowest BCUT2D eigenvalue weighted by Gasteiger charge is -2.14. The highest BCUT2D eigenvalue weighted by Gasteiger charge is 2.20. The fraction of sp³-hybridized carbons (Fsp3) is 0.455. The second-order valence-corrected chi connectivity index (χ2v) is 3.74. The summed E-state index contributed by atoms with van der Waals surface area (Å²) in [6.07, 6.45) is 2.22. The monoisotopic (exact) mass is 177 g/mol. The second-order valence-electron chi connectivity index (χ2n) is 3.74. The Labute approximate surface area is 78.4 Å². The van der Waals surface area contributed by atoms with E-state index in [0.29, 0.717) is 6.42 Å². The van der Waals surface area contributed by atoms with E-state index in [2.05, 4.69) is 12.1 Å². The molecule has 1 aromatic carbocycles. The van der Waals surface area contributed by atoms with Crippen LogP contribution in [0.3, 0.4) is 0 Å². The van der Waals surface area contributed by atoms with Gasteiger partial charge in [-0.15, -0.1) is 0 Å². The molecule has 0 aliphatic heterocycles. The maximum Gasteiger partial charge on any atom is 0.0731 e. The third kappa shape index (κ3) is 1.74. The van der Waals surface area contributed by atoms with Gasteiger partial charge in [-0.3, -0.25) is 0 Å². The van der Waals surface area contributed by atoms with E-state index >= 15 is 0 Å². The zero-order valence-corrected chi connectivity index (χ0v) is 7.61.